The van der Waals surface area contributed by atoms with Crippen molar-refractivity contribution in [3.05, 3.63) is 65.1 Å². The molecule has 1 aromatic carbocycles. The fourth-order valence-corrected chi connectivity index (χ4v) is 4.08. The zero-order valence-corrected chi connectivity index (χ0v) is 15.8. The summed E-state index contributed by atoms with van der Waals surface area (Å²) in [6, 6.07) is 11.6. The average Bonchev–Trinajstić information content (AvgIpc) is 3.43. The summed E-state index contributed by atoms with van der Waals surface area (Å²) in [5, 5.41) is 11.4. The van der Waals surface area contributed by atoms with Gasteiger partial charge in [-0.2, -0.15) is 16.4 Å². The summed E-state index contributed by atoms with van der Waals surface area (Å²) >= 11 is 1.67. The maximum atomic E-state index is 12.8. The summed E-state index contributed by atoms with van der Waals surface area (Å²) in [4.78, 5) is 14.7. The highest BCUT2D eigenvalue weighted by Crippen LogP contribution is 2.33. The van der Waals surface area contributed by atoms with Gasteiger partial charge in [0.05, 0.1) is 12.6 Å². The standard InChI is InChI=1S/C20H22N4O2S/c25-20(24-10-2-6-19(24)16-7-13-27-15-16)22-17-4-1-5-18(14-17)26-12-11-23-9-3-8-21-23/h1,3-5,7-9,13-15,19H,2,6,10-12H2,(H,22,25)/t19-/m0/s1. The highest BCUT2D eigenvalue weighted by molar-refractivity contribution is 7.08. The summed E-state index contributed by atoms with van der Waals surface area (Å²) in [6.45, 7) is 1.98. The molecule has 3 heterocycles. The van der Waals surface area contributed by atoms with Crippen molar-refractivity contribution < 1.29 is 9.53 Å². The summed E-state index contributed by atoms with van der Waals surface area (Å²) in [6.07, 6.45) is 5.70. The molecule has 1 atom stereocenters. The summed E-state index contributed by atoms with van der Waals surface area (Å²) in [5.74, 6) is 0.732. The monoisotopic (exact) mass is 382 g/mol. The van der Waals surface area contributed by atoms with Crippen LogP contribution in [0.15, 0.2) is 59.6 Å². The summed E-state index contributed by atoms with van der Waals surface area (Å²) in [7, 11) is 0. The number of amides is 2. The number of urea groups is 1. The Hall–Kier alpha value is -2.80. The summed E-state index contributed by atoms with van der Waals surface area (Å²) in [5.41, 5.74) is 1.97. The lowest BCUT2D eigenvalue weighted by Gasteiger charge is -2.24. The molecule has 0 bridgehead atoms. The van der Waals surface area contributed by atoms with E-state index in [0.29, 0.717) is 13.2 Å². The van der Waals surface area contributed by atoms with Gasteiger partial charge in [0.25, 0.3) is 0 Å². The largest absolute Gasteiger partial charge is 0.492 e. The van der Waals surface area contributed by atoms with E-state index in [4.69, 9.17) is 4.74 Å². The van der Waals surface area contributed by atoms with Crippen LogP contribution >= 0.6 is 11.3 Å². The third-order valence-electron chi connectivity index (χ3n) is 4.68. The van der Waals surface area contributed by atoms with E-state index in [-0.39, 0.29) is 12.1 Å². The van der Waals surface area contributed by atoms with Crippen LogP contribution < -0.4 is 10.1 Å². The molecule has 140 valence electrons. The van der Waals surface area contributed by atoms with Crippen molar-refractivity contribution in [3.8, 4) is 5.75 Å². The number of benzene rings is 1. The van der Waals surface area contributed by atoms with Crippen molar-refractivity contribution in [2.24, 2.45) is 0 Å². The van der Waals surface area contributed by atoms with Crippen LogP contribution in [0.2, 0.25) is 0 Å². The lowest BCUT2D eigenvalue weighted by Crippen LogP contribution is -2.34. The Balaban J connectivity index is 1.35. The van der Waals surface area contributed by atoms with Gasteiger partial charge >= 0.3 is 6.03 Å². The Morgan fingerprint density at radius 3 is 3.11 bits per heavy atom. The predicted octanol–water partition coefficient (Wildman–Crippen LogP) is 4.39. The fourth-order valence-electron chi connectivity index (χ4n) is 3.37. The number of carbonyl (C=O) groups is 1. The first-order valence-corrected chi connectivity index (χ1v) is 10.0. The molecule has 7 heteroatoms. The molecule has 0 spiro atoms. The van der Waals surface area contributed by atoms with Crippen LogP contribution in [0.25, 0.3) is 0 Å². The van der Waals surface area contributed by atoms with Gasteiger partial charge < -0.3 is 15.0 Å². The smallest absolute Gasteiger partial charge is 0.322 e. The van der Waals surface area contributed by atoms with Crippen molar-refractivity contribution in [2.45, 2.75) is 25.4 Å². The van der Waals surface area contributed by atoms with Crippen LogP contribution in [0, 0.1) is 0 Å². The SMILES string of the molecule is O=C(Nc1cccc(OCCn2cccn2)c1)N1CCC[C@H]1c1ccsc1. The molecular weight excluding hydrogens is 360 g/mol. The van der Waals surface area contributed by atoms with Gasteiger partial charge in [-0.1, -0.05) is 6.07 Å². The number of likely N-dealkylation sites (tertiary alicyclic amines) is 1. The second-order valence-electron chi connectivity index (χ2n) is 6.48. The van der Waals surface area contributed by atoms with E-state index in [2.05, 4.69) is 27.2 Å². The number of ether oxygens (including phenoxy) is 1. The molecule has 1 N–H and O–H groups in total. The number of hydrogen-bond donors (Lipinski definition) is 1. The Labute approximate surface area is 162 Å². The van der Waals surface area contributed by atoms with Crippen LogP contribution in [0.5, 0.6) is 5.75 Å². The van der Waals surface area contributed by atoms with E-state index in [1.165, 1.54) is 5.56 Å². The van der Waals surface area contributed by atoms with E-state index in [1.807, 2.05) is 46.1 Å². The maximum absolute atomic E-state index is 12.8. The molecule has 1 aliphatic heterocycles. The quantitative estimate of drug-likeness (QED) is 0.688. The average molecular weight is 382 g/mol. The minimum Gasteiger partial charge on any atom is -0.492 e. The van der Waals surface area contributed by atoms with Crippen LogP contribution in [-0.4, -0.2) is 33.9 Å². The van der Waals surface area contributed by atoms with Crippen molar-refractivity contribution in [3.63, 3.8) is 0 Å². The van der Waals surface area contributed by atoms with Gasteiger partial charge in [0.1, 0.15) is 12.4 Å². The molecular formula is C20H22N4O2S. The zero-order chi connectivity index (χ0) is 18.5. The number of thiophene rings is 1. The molecule has 27 heavy (non-hydrogen) atoms. The number of anilines is 1. The van der Waals surface area contributed by atoms with Gasteiger partial charge in [0, 0.05) is 30.7 Å². The number of aromatic nitrogens is 2. The van der Waals surface area contributed by atoms with Crippen molar-refractivity contribution >= 4 is 23.1 Å². The molecule has 0 saturated carbocycles. The molecule has 0 radical (unpaired) electrons. The first-order valence-electron chi connectivity index (χ1n) is 9.09. The van der Waals surface area contributed by atoms with Crippen LogP contribution in [0.4, 0.5) is 10.5 Å². The third kappa shape index (κ3) is 4.31. The zero-order valence-electron chi connectivity index (χ0n) is 15.0. The van der Waals surface area contributed by atoms with Gasteiger partial charge in [0.15, 0.2) is 0 Å². The highest BCUT2D eigenvalue weighted by atomic mass is 32.1. The van der Waals surface area contributed by atoms with Crippen LogP contribution in [0.3, 0.4) is 0 Å². The number of rotatable bonds is 6. The van der Waals surface area contributed by atoms with Crippen molar-refractivity contribution in [2.75, 3.05) is 18.5 Å². The molecule has 0 aliphatic carbocycles. The van der Waals surface area contributed by atoms with E-state index in [1.54, 1.807) is 17.5 Å². The second kappa shape index (κ2) is 8.26. The van der Waals surface area contributed by atoms with Gasteiger partial charge in [-0.15, -0.1) is 0 Å². The van der Waals surface area contributed by atoms with Gasteiger partial charge in [-0.25, -0.2) is 4.79 Å². The molecule has 3 aromatic rings. The molecule has 2 amide bonds. The number of nitrogens with zero attached hydrogens (tertiary/aromatic N) is 3. The van der Waals surface area contributed by atoms with E-state index in [0.717, 1.165) is 30.8 Å². The lowest BCUT2D eigenvalue weighted by atomic mass is 10.1. The Morgan fingerprint density at radius 1 is 1.33 bits per heavy atom. The number of carbonyl (C=O) groups excluding carboxylic acids is 1. The molecule has 1 fully saturated rings. The normalized spacial score (nSPS) is 16.4. The Bertz CT molecular complexity index is 864. The molecule has 6 nitrogen and oxygen atoms in total. The van der Waals surface area contributed by atoms with E-state index < -0.39 is 0 Å². The van der Waals surface area contributed by atoms with Gasteiger partial charge in [-0.3, -0.25) is 4.68 Å². The maximum Gasteiger partial charge on any atom is 0.322 e. The fraction of sp³-hybridized carbons (Fsp3) is 0.300. The van der Waals surface area contributed by atoms with Crippen LogP contribution in [-0.2, 0) is 6.54 Å². The topological polar surface area (TPSA) is 59.4 Å². The molecule has 2 aromatic heterocycles. The third-order valence-corrected chi connectivity index (χ3v) is 5.38. The van der Waals surface area contributed by atoms with Gasteiger partial charge in [-0.05, 0) is 53.4 Å². The molecule has 1 saturated heterocycles. The molecule has 0 unspecified atom stereocenters. The minimum absolute atomic E-state index is 0.0580. The van der Waals surface area contributed by atoms with Crippen LogP contribution in [0.1, 0.15) is 24.4 Å². The van der Waals surface area contributed by atoms with Crippen molar-refractivity contribution in [1.82, 2.24) is 14.7 Å². The molecule has 4 rings (SSSR count). The summed E-state index contributed by atoms with van der Waals surface area (Å²) < 4.78 is 7.61. The Morgan fingerprint density at radius 2 is 2.30 bits per heavy atom. The minimum atomic E-state index is -0.0580. The molecule has 1 aliphatic rings. The van der Waals surface area contributed by atoms with Gasteiger partial charge in [0.2, 0.25) is 0 Å². The van der Waals surface area contributed by atoms with Crippen molar-refractivity contribution in [1.29, 1.82) is 0 Å². The lowest BCUT2D eigenvalue weighted by molar-refractivity contribution is 0.207. The first-order chi connectivity index (χ1) is 13.3. The van der Waals surface area contributed by atoms with E-state index in [9.17, 15) is 4.79 Å². The number of nitrogens with one attached hydrogen (secondary N) is 1. The van der Waals surface area contributed by atoms with E-state index >= 15 is 0 Å². The highest BCUT2D eigenvalue weighted by Gasteiger charge is 2.30. The second-order valence-corrected chi connectivity index (χ2v) is 7.26. The predicted molar refractivity (Wildman–Crippen MR) is 106 cm³/mol. The number of hydrogen-bond acceptors (Lipinski definition) is 4. The first kappa shape index (κ1) is 17.6. The Kier molecular flexibility index (Phi) is 5.39.